The third-order valence-electron chi connectivity index (χ3n) is 4.89. The zero-order valence-corrected chi connectivity index (χ0v) is 17.2. The number of fused-ring (bicyclic) bond motifs is 2. The Morgan fingerprint density at radius 1 is 0.935 bits per heavy atom. The molecule has 0 spiro atoms. The molecule has 0 fully saturated rings. The van der Waals surface area contributed by atoms with E-state index in [2.05, 4.69) is 15.3 Å². The summed E-state index contributed by atoms with van der Waals surface area (Å²) in [7, 11) is 1.56. The van der Waals surface area contributed by atoms with Crippen LogP contribution in [0, 0.1) is 0 Å². The molecule has 0 atom stereocenters. The minimum Gasteiger partial charge on any atom is -0.497 e. The van der Waals surface area contributed by atoms with Crippen LogP contribution >= 0.6 is 11.6 Å². The van der Waals surface area contributed by atoms with E-state index >= 15 is 0 Å². The molecule has 0 amide bonds. The Morgan fingerprint density at radius 2 is 1.68 bits per heavy atom. The van der Waals surface area contributed by atoms with Crippen LogP contribution in [-0.2, 0) is 0 Å². The first-order valence-electron chi connectivity index (χ1n) is 9.52. The fourth-order valence-electron chi connectivity index (χ4n) is 3.32. The highest BCUT2D eigenvalue weighted by Gasteiger charge is 2.10. The van der Waals surface area contributed by atoms with Crippen molar-refractivity contribution in [3.63, 3.8) is 0 Å². The third-order valence-corrected chi connectivity index (χ3v) is 5.16. The van der Waals surface area contributed by atoms with Crippen LogP contribution in [0.1, 0.15) is 0 Å². The van der Waals surface area contributed by atoms with Crippen LogP contribution in [0.15, 0.2) is 82.0 Å². The van der Waals surface area contributed by atoms with Crippen LogP contribution in [0.5, 0.6) is 5.75 Å². The van der Waals surface area contributed by atoms with E-state index in [0.717, 1.165) is 22.3 Å². The quantitative estimate of drug-likeness (QED) is 0.388. The Labute approximate surface area is 182 Å². The van der Waals surface area contributed by atoms with Crippen LogP contribution in [0.25, 0.3) is 33.3 Å². The van der Waals surface area contributed by atoms with E-state index in [9.17, 15) is 4.79 Å². The Hall–Kier alpha value is -3.90. The maximum Gasteiger partial charge on any atom is 0.193 e. The summed E-state index contributed by atoms with van der Waals surface area (Å²) in [4.78, 5) is 21.4. The van der Waals surface area contributed by atoms with E-state index in [-0.39, 0.29) is 5.43 Å². The zero-order valence-electron chi connectivity index (χ0n) is 16.4. The van der Waals surface area contributed by atoms with Crippen molar-refractivity contribution < 1.29 is 9.15 Å². The first kappa shape index (κ1) is 19.1. The summed E-state index contributed by atoms with van der Waals surface area (Å²) in [6.07, 6.45) is 0. The van der Waals surface area contributed by atoms with Crippen molar-refractivity contribution in [3.8, 4) is 17.1 Å². The molecule has 0 radical (unpaired) electrons. The third kappa shape index (κ3) is 3.69. The average molecular weight is 430 g/mol. The number of halogens is 1. The number of hydrogen-bond donors (Lipinski definition) is 1. The maximum absolute atomic E-state index is 12.5. The van der Waals surface area contributed by atoms with E-state index in [1.54, 1.807) is 25.3 Å². The molecule has 5 aromatic rings. The number of rotatable bonds is 4. The summed E-state index contributed by atoms with van der Waals surface area (Å²) in [5.74, 6) is 1.57. The Bertz CT molecular complexity index is 1480. The smallest absolute Gasteiger partial charge is 0.193 e. The molecule has 0 aliphatic carbocycles. The summed E-state index contributed by atoms with van der Waals surface area (Å²) in [6, 6.07) is 21.6. The van der Waals surface area contributed by atoms with Crippen molar-refractivity contribution in [1.82, 2.24) is 9.97 Å². The number of benzene rings is 3. The molecule has 0 aliphatic heterocycles. The van der Waals surface area contributed by atoms with Gasteiger partial charge in [0.15, 0.2) is 16.4 Å². The van der Waals surface area contributed by atoms with Crippen LogP contribution in [-0.4, -0.2) is 17.1 Å². The van der Waals surface area contributed by atoms with Gasteiger partial charge in [-0.2, -0.15) is 0 Å². The van der Waals surface area contributed by atoms with Crippen molar-refractivity contribution in [1.29, 1.82) is 0 Å². The van der Waals surface area contributed by atoms with E-state index in [1.165, 1.54) is 6.07 Å². The van der Waals surface area contributed by atoms with Gasteiger partial charge in [-0.05, 0) is 54.6 Å². The molecule has 0 saturated carbocycles. The second kappa shape index (κ2) is 7.74. The van der Waals surface area contributed by atoms with Crippen molar-refractivity contribution >= 4 is 45.1 Å². The molecule has 0 saturated heterocycles. The molecule has 152 valence electrons. The first-order chi connectivity index (χ1) is 15.1. The summed E-state index contributed by atoms with van der Waals surface area (Å²) < 4.78 is 11.1. The number of nitrogens with one attached hydrogen (secondary N) is 1. The lowest BCUT2D eigenvalue weighted by molar-refractivity contribution is 0.415. The standard InChI is InChI=1S/C24H16ClN3O3/c1-30-16-10-11-21-17(12-16)20(29)13-22(31-21)14-6-8-15(9-7-14)26-24-23(25)27-18-4-2-3-5-19(18)28-24/h2-13H,1H3,(H,26,28). The fourth-order valence-corrected chi connectivity index (χ4v) is 3.50. The summed E-state index contributed by atoms with van der Waals surface area (Å²) >= 11 is 6.28. The number of nitrogens with zero attached hydrogens (tertiary/aromatic N) is 2. The van der Waals surface area contributed by atoms with Gasteiger partial charge in [-0.3, -0.25) is 4.79 Å². The number of ether oxygens (including phenoxy) is 1. The molecule has 0 unspecified atom stereocenters. The molecule has 0 bridgehead atoms. The SMILES string of the molecule is COc1ccc2oc(-c3ccc(Nc4nc5ccccc5nc4Cl)cc3)cc(=O)c2c1. The van der Waals surface area contributed by atoms with Gasteiger partial charge in [-0.25, -0.2) is 9.97 Å². The molecule has 5 rings (SSSR count). The van der Waals surface area contributed by atoms with Crippen LogP contribution in [0.4, 0.5) is 11.5 Å². The molecule has 1 N–H and O–H groups in total. The van der Waals surface area contributed by atoms with E-state index < -0.39 is 0 Å². The first-order valence-corrected chi connectivity index (χ1v) is 9.90. The highest BCUT2D eigenvalue weighted by molar-refractivity contribution is 6.32. The lowest BCUT2D eigenvalue weighted by Crippen LogP contribution is -2.01. The normalized spacial score (nSPS) is 11.0. The summed E-state index contributed by atoms with van der Waals surface area (Å²) in [5.41, 5.74) is 3.41. The van der Waals surface area contributed by atoms with Crippen LogP contribution in [0.3, 0.4) is 0 Å². The van der Waals surface area contributed by atoms with Gasteiger partial charge in [0, 0.05) is 17.3 Å². The van der Waals surface area contributed by atoms with Gasteiger partial charge in [0.25, 0.3) is 0 Å². The average Bonchev–Trinajstić information content (AvgIpc) is 2.80. The van der Waals surface area contributed by atoms with Crippen LogP contribution < -0.4 is 15.5 Å². The number of aromatic nitrogens is 2. The van der Waals surface area contributed by atoms with Crippen LogP contribution in [0.2, 0.25) is 5.15 Å². The van der Waals surface area contributed by atoms with Gasteiger partial charge < -0.3 is 14.5 Å². The van der Waals surface area contributed by atoms with Gasteiger partial charge in [0.05, 0.1) is 23.5 Å². The molecular weight excluding hydrogens is 414 g/mol. The van der Waals surface area contributed by atoms with Crippen molar-refractivity contribution in [2.24, 2.45) is 0 Å². The molecule has 6 nitrogen and oxygen atoms in total. The lowest BCUT2D eigenvalue weighted by atomic mass is 10.1. The highest BCUT2D eigenvalue weighted by atomic mass is 35.5. The van der Waals surface area contributed by atoms with Crippen molar-refractivity contribution in [2.45, 2.75) is 0 Å². The Balaban J connectivity index is 1.45. The maximum atomic E-state index is 12.5. The number of anilines is 2. The summed E-state index contributed by atoms with van der Waals surface area (Å²) in [6.45, 7) is 0. The lowest BCUT2D eigenvalue weighted by Gasteiger charge is -2.09. The van der Waals surface area contributed by atoms with Crippen molar-refractivity contribution in [3.05, 3.63) is 88.2 Å². The molecular formula is C24H16ClN3O3. The second-order valence-corrected chi connectivity index (χ2v) is 7.25. The van der Waals surface area contributed by atoms with Gasteiger partial charge in [0.1, 0.15) is 17.1 Å². The van der Waals surface area contributed by atoms with Gasteiger partial charge in [-0.1, -0.05) is 23.7 Å². The molecule has 0 aliphatic rings. The number of hydrogen-bond acceptors (Lipinski definition) is 6. The predicted octanol–water partition coefficient (Wildman–Crippen LogP) is 5.81. The largest absolute Gasteiger partial charge is 0.497 e. The van der Waals surface area contributed by atoms with Gasteiger partial charge in [0.2, 0.25) is 0 Å². The Kier molecular flexibility index (Phi) is 4.76. The number of para-hydroxylation sites is 2. The molecule has 2 aromatic heterocycles. The van der Waals surface area contributed by atoms with E-state index in [4.69, 9.17) is 20.8 Å². The molecule has 31 heavy (non-hydrogen) atoms. The fraction of sp³-hybridized carbons (Fsp3) is 0.0417. The second-order valence-electron chi connectivity index (χ2n) is 6.89. The molecule has 3 aromatic carbocycles. The zero-order chi connectivity index (χ0) is 21.4. The van der Waals surface area contributed by atoms with Gasteiger partial charge >= 0.3 is 0 Å². The predicted molar refractivity (Wildman–Crippen MR) is 122 cm³/mol. The topological polar surface area (TPSA) is 77.2 Å². The van der Waals surface area contributed by atoms with E-state index in [0.29, 0.717) is 33.4 Å². The number of methoxy groups -OCH3 is 1. The minimum atomic E-state index is -0.129. The molecule has 2 heterocycles. The highest BCUT2D eigenvalue weighted by Crippen LogP contribution is 2.28. The Morgan fingerprint density at radius 3 is 2.42 bits per heavy atom. The van der Waals surface area contributed by atoms with Gasteiger partial charge in [-0.15, -0.1) is 0 Å². The monoisotopic (exact) mass is 429 g/mol. The summed E-state index contributed by atoms with van der Waals surface area (Å²) in [5, 5.41) is 3.95. The minimum absolute atomic E-state index is 0.129. The van der Waals surface area contributed by atoms with Crippen molar-refractivity contribution in [2.75, 3.05) is 12.4 Å². The molecule has 7 heteroatoms. The van der Waals surface area contributed by atoms with E-state index in [1.807, 2.05) is 48.5 Å².